The van der Waals surface area contributed by atoms with Gasteiger partial charge in [-0.1, -0.05) is 72.4 Å². The molecule has 4 rings (SSSR count). The van der Waals surface area contributed by atoms with Crippen molar-refractivity contribution in [2.24, 2.45) is 17.8 Å². The maximum atomic E-state index is 12.2. The summed E-state index contributed by atoms with van der Waals surface area (Å²) < 4.78 is 5.55. The molecule has 0 aromatic heterocycles. The van der Waals surface area contributed by atoms with E-state index in [2.05, 4.69) is 66.8 Å². The standard InChI is InChI=1S/C24H26O2/c25-24(23-17-21-11-12-22(23)16-21)26-14-13-20-10-9-19(15-20)8-4-3-7-18-5-1-2-6-18/h1-5,7-12,21-23H,6,13-17H2. The fourth-order valence-electron chi connectivity index (χ4n) is 4.28. The maximum absolute atomic E-state index is 12.2. The molecule has 0 N–H and O–H groups in total. The molecular formula is C24H26O2. The predicted molar refractivity (Wildman–Crippen MR) is 105 cm³/mol. The highest BCUT2D eigenvalue weighted by atomic mass is 16.5. The van der Waals surface area contributed by atoms with Crippen molar-refractivity contribution in [3.05, 3.63) is 83.6 Å². The zero-order valence-corrected chi connectivity index (χ0v) is 15.1. The van der Waals surface area contributed by atoms with Crippen molar-refractivity contribution in [1.82, 2.24) is 0 Å². The van der Waals surface area contributed by atoms with Gasteiger partial charge >= 0.3 is 5.97 Å². The maximum Gasteiger partial charge on any atom is 0.309 e. The average Bonchev–Trinajstić information content (AvgIpc) is 3.43. The average molecular weight is 346 g/mol. The van der Waals surface area contributed by atoms with Gasteiger partial charge in [0.25, 0.3) is 0 Å². The number of hydrogen-bond donors (Lipinski definition) is 0. The van der Waals surface area contributed by atoms with E-state index in [0.29, 0.717) is 18.4 Å². The first-order chi connectivity index (χ1) is 12.8. The van der Waals surface area contributed by atoms with Gasteiger partial charge in [0.1, 0.15) is 0 Å². The molecule has 1 fully saturated rings. The molecule has 0 saturated heterocycles. The number of hydrogen-bond acceptors (Lipinski definition) is 2. The van der Waals surface area contributed by atoms with Crippen LogP contribution in [0.2, 0.25) is 0 Å². The summed E-state index contributed by atoms with van der Waals surface area (Å²) in [7, 11) is 0. The summed E-state index contributed by atoms with van der Waals surface area (Å²) in [5, 5.41) is 0. The first-order valence-electron chi connectivity index (χ1n) is 9.72. The molecule has 134 valence electrons. The van der Waals surface area contributed by atoms with Crippen molar-refractivity contribution in [2.45, 2.75) is 32.1 Å². The Morgan fingerprint density at radius 1 is 1.08 bits per heavy atom. The van der Waals surface area contributed by atoms with Crippen molar-refractivity contribution in [3.63, 3.8) is 0 Å². The first kappa shape index (κ1) is 17.1. The predicted octanol–water partition coefficient (Wildman–Crippen LogP) is 5.39. The van der Waals surface area contributed by atoms with Crippen LogP contribution < -0.4 is 0 Å². The van der Waals surface area contributed by atoms with E-state index in [4.69, 9.17) is 4.74 Å². The molecular weight excluding hydrogens is 320 g/mol. The van der Waals surface area contributed by atoms with E-state index in [1.807, 2.05) is 0 Å². The van der Waals surface area contributed by atoms with Gasteiger partial charge in [-0.25, -0.2) is 0 Å². The molecule has 2 nitrogen and oxygen atoms in total. The van der Waals surface area contributed by atoms with Crippen LogP contribution in [0.5, 0.6) is 0 Å². The van der Waals surface area contributed by atoms with E-state index in [1.54, 1.807) is 0 Å². The first-order valence-corrected chi connectivity index (χ1v) is 9.72. The second kappa shape index (κ2) is 7.90. The molecule has 0 heterocycles. The second-order valence-electron chi connectivity index (χ2n) is 7.64. The van der Waals surface area contributed by atoms with Crippen LogP contribution in [0.15, 0.2) is 83.6 Å². The van der Waals surface area contributed by atoms with Gasteiger partial charge in [0.15, 0.2) is 0 Å². The smallest absolute Gasteiger partial charge is 0.309 e. The molecule has 1 saturated carbocycles. The van der Waals surface area contributed by atoms with Gasteiger partial charge in [0.2, 0.25) is 0 Å². The van der Waals surface area contributed by atoms with Crippen molar-refractivity contribution in [1.29, 1.82) is 0 Å². The number of carbonyl (C=O) groups is 1. The Balaban J connectivity index is 1.14. The zero-order chi connectivity index (χ0) is 17.8. The minimum absolute atomic E-state index is 0.00868. The number of esters is 1. The minimum Gasteiger partial charge on any atom is -0.465 e. The van der Waals surface area contributed by atoms with Crippen LogP contribution in [0.1, 0.15) is 32.1 Å². The van der Waals surface area contributed by atoms with Crippen molar-refractivity contribution < 1.29 is 9.53 Å². The largest absolute Gasteiger partial charge is 0.465 e. The summed E-state index contributed by atoms with van der Waals surface area (Å²) in [6, 6.07) is 0. The monoisotopic (exact) mass is 346 g/mol. The SMILES string of the molecule is O=C(OCCC1=CC=C(C=CC=CC2=CC=CC2)C1)C1CC2C=CC1C2. The molecule has 26 heavy (non-hydrogen) atoms. The molecule has 3 unspecified atom stereocenters. The minimum atomic E-state index is 0.00868. The van der Waals surface area contributed by atoms with E-state index < -0.39 is 0 Å². The van der Waals surface area contributed by atoms with Crippen LogP contribution in [-0.2, 0) is 9.53 Å². The quantitative estimate of drug-likeness (QED) is 0.351. The summed E-state index contributed by atoms with van der Waals surface area (Å²) >= 11 is 0. The Kier molecular flexibility index (Phi) is 5.19. The molecule has 0 spiro atoms. The Hall–Kier alpha value is -2.35. The zero-order valence-electron chi connectivity index (χ0n) is 15.1. The van der Waals surface area contributed by atoms with Crippen molar-refractivity contribution in [3.8, 4) is 0 Å². The third-order valence-corrected chi connectivity index (χ3v) is 5.75. The summed E-state index contributed by atoms with van der Waals surface area (Å²) in [6.07, 6.45) is 28.7. The summed E-state index contributed by atoms with van der Waals surface area (Å²) in [6.45, 7) is 0.508. The van der Waals surface area contributed by atoms with Gasteiger partial charge in [-0.2, -0.15) is 0 Å². The van der Waals surface area contributed by atoms with E-state index >= 15 is 0 Å². The molecule has 3 atom stereocenters. The molecule has 0 amide bonds. The van der Waals surface area contributed by atoms with Crippen LogP contribution in [-0.4, -0.2) is 12.6 Å². The third-order valence-electron chi connectivity index (χ3n) is 5.75. The second-order valence-corrected chi connectivity index (χ2v) is 7.64. The Bertz CT molecular complexity index is 770. The number of ether oxygens (including phenoxy) is 1. The lowest BCUT2D eigenvalue weighted by Gasteiger charge is -2.16. The van der Waals surface area contributed by atoms with Crippen LogP contribution in [0.4, 0.5) is 0 Å². The molecule has 4 aliphatic rings. The van der Waals surface area contributed by atoms with Gasteiger partial charge in [-0.3, -0.25) is 4.79 Å². The van der Waals surface area contributed by atoms with Crippen LogP contribution >= 0.6 is 0 Å². The van der Waals surface area contributed by atoms with Gasteiger partial charge < -0.3 is 4.74 Å². The van der Waals surface area contributed by atoms with Crippen molar-refractivity contribution in [2.75, 3.05) is 6.61 Å². The Morgan fingerprint density at radius 2 is 1.96 bits per heavy atom. The summed E-state index contributed by atoms with van der Waals surface area (Å²) in [4.78, 5) is 12.2. The topological polar surface area (TPSA) is 26.3 Å². The van der Waals surface area contributed by atoms with Gasteiger partial charge in [-0.05, 0) is 48.7 Å². The van der Waals surface area contributed by atoms with E-state index in [1.165, 1.54) is 16.7 Å². The van der Waals surface area contributed by atoms with Gasteiger partial charge in [0.05, 0.1) is 12.5 Å². The summed E-state index contributed by atoms with van der Waals surface area (Å²) in [5.41, 5.74) is 4.01. The Morgan fingerprint density at radius 3 is 2.69 bits per heavy atom. The molecule has 0 radical (unpaired) electrons. The van der Waals surface area contributed by atoms with E-state index in [9.17, 15) is 4.79 Å². The van der Waals surface area contributed by atoms with E-state index in [0.717, 1.165) is 32.1 Å². The fourth-order valence-corrected chi connectivity index (χ4v) is 4.28. The molecule has 2 heteroatoms. The molecule has 4 aliphatic carbocycles. The number of fused-ring (bicyclic) bond motifs is 2. The highest BCUT2D eigenvalue weighted by molar-refractivity contribution is 5.74. The fraction of sp³-hybridized carbons (Fsp3) is 0.375. The molecule has 0 aromatic carbocycles. The third kappa shape index (κ3) is 4.07. The molecule has 0 aliphatic heterocycles. The normalized spacial score (nSPS) is 29.1. The van der Waals surface area contributed by atoms with Gasteiger partial charge in [-0.15, -0.1) is 0 Å². The highest BCUT2D eigenvalue weighted by Crippen LogP contribution is 2.43. The lowest BCUT2D eigenvalue weighted by Crippen LogP contribution is -2.22. The Labute approximate surface area is 156 Å². The molecule has 2 bridgehead atoms. The number of rotatable bonds is 7. The van der Waals surface area contributed by atoms with Gasteiger partial charge in [0, 0.05) is 6.42 Å². The lowest BCUT2D eigenvalue weighted by atomic mass is 9.94. The lowest BCUT2D eigenvalue weighted by molar-refractivity contribution is -0.149. The van der Waals surface area contributed by atoms with Crippen molar-refractivity contribution >= 4 is 5.97 Å². The number of allylic oxidation sites excluding steroid dienone is 13. The van der Waals surface area contributed by atoms with Crippen LogP contribution in [0, 0.1) is 17.8 Å². The van der Waals surface area contributed by atoms with Crippen LogP contribution in [0.25, 0.3) is 0 Å². The van der Waals surface area contributed by atoms with Crippen LogP contribution in [0.3, 0.4) is 0 Å². The molecule has 0 aromatic rings. The number of carbonyl (C=O) groups excluding carboxylic acids is 1. The van der Waals surface area contributed by atoms with E-state index in [-0.39, 0.29) is 11.9 Å². The summed E-state index contributed by atoms with van der Waals surface area (Å²) in [5.74, 6) is 1.16. The highest BCUT2D eigenvalue weighted by Gasteiger charge is 2.40.